The predicted molar refractivity (Wildman–Crippen MR) is 107 cm³/mol. The van der Waals surface area contributed by atoms with Gasteiger partial charge in [-0.3, -0.25) is 0 Å². The Morgan fingerprint density at radius 2 is 1.67 bits per heavy atom. The standard InChI is InChI=1S/C21H27N3O3/c1-26-19-9-8-18(16-20(19)27-2)23-12-14-24(15-13-23)21(25)22-11-10-17-6-4-3-5-7-17/h3-9,16H,10-15H2,1-2H3,(H,22,25). The molecule has 2 amide bonds. The van der Waals surface area contributed by atoms with Gasteiger partial charge in [-0.2, -0.15) is 0 Å². The molecule has 0 saturated carbocycles. The van der Waals surface area contributed by atoms with E-state index in [4.69, 9.17) is 9.47 Å². The second kappa shape index (κ2) is 9.16. The number of hydrogen-bond acceptors (Lipinski definition) is 4. The molecule has 0 aromatic heterocycles. The Morgan fingerprint density at radius 1 is 0.963 bits per heavy atom. The molecule has 27 heavy (non-hydrogen) atoms. The topological polar surface area (TPSA) is 54.0 Å². The van der Waals surface area contributed by atoms with Crippen molar-refractivity contribution in [2.45, 2.75) is 6.42 Å². The maximum atomic E-state index is 12.4. The Morgan fingerprint density at radius 3 is 2.33 bits per heavy atom. The average Bonchev–Trinajstić information content (AvgIpc) is 2.74. The smallest absolute Gasteiger partial charge is 0.317 e. The second-order valence-electron chi connectivity index (χ2n) is 6.48. The van der Waals surface area contributed by atoms with E-state index < -0.39 is 0 Å². The molecule has 0 spiro atoms. The van der Waals surface area contributed by atoms with Gasteiger partial charge in [-0.05, 0) is 24.1 Å². The lowest BCUT2D eigenvalue weighted by Crippen LogP contribution is -2.52. The average molecular weight is 369 g/mol. The SMILES string of the molecule is COc1ccc(N2CCN(C(=O)NCCc3ccccc3)CC2)cc1OC. The number of amides is 2. The van der Waals surface area contributed by atoms with Gasteiger partial charge < -0.3 is 24.6 Å². The number of nitrogens with zero attached hydrogens (tertiary/aromatic N) is 2. The lowest BCUT2D eigenvalue weighted by Gasteiger charge is -2.36. The van der Waals surface area contributed by atoms with Crippen molar-refractivity contribution in [2.24, 2.45) is 0 Å². The van der Waals surface area contributed by atoms with Gasteiger partial charge >= 0.3 is 6.03 Å². The van der Waals surface area contributed by atoms with Crippen LogP contribution in [0.1, 0.15) is 5.56 Å². The molecule has 0 bridgehead atoms. The van der Waals surface area contributed by atoms with Crippen molar-refractivity contribution in [3.8, 4) is 11.5 Å². The second-order valence-corrected chi connectivity index (χ2v) is 6.48. The molecule has 1 saturated heterocycles. The lowest BCUT2D eigenvalue weighted by molar-refractivity contribution is 0.194. The summed E-state index contributed by atoms with van der Waals surface area (Å²) in [5.74, 6) is 1.44. The Balaban J connectivity index is 1.47. The van der Waals surface area contributed by atoms with Gasteiger partial charge in [-0.1, -0.05) is 30.3 Å². The molecule has 1 N–H and O–H groups in total. The van der Waals surface area contributed by atoms with Gasteiger partial charge in [0, 0.05) is 44.5 Å². The fraction of sp³-hybridized carbons (Fsp3) is 0.381. The van der Waals surface area contributed by atoms with Gasteiger partial charge in [0.15, 0.2) is 11.5 Å². The zero-order valence-corrected chi connectivity index (χ0v) is 16.0. The number of rotatable bonds is 6. The fourth-order valence-electron chi connectivity index (χ4n) is 3.26. The molecule has 0 aliphatic carbocycles. The van der Waals surface area contributed by atoms with E-state index in [1.165, 1.54) is 5.56 Å². The van der Waals surface area contributed by atoms with E-state index in [0.717, 1.165) is 36.7 Å². The Bertz CT molecular complexity index is 744. The minimum absolute atomic E-state index is 0.0119. The maximum absolute atomic E-state index is 12.4. The number of nitrogens with one attached hydrogen (secondary N) is 1. The molecule has 144 valence electrons. The number of piperazine rings is 1. The highest BCUT2D eigenvalue weighted by molar-refractivity contribution is 5.74. The van der Waals surface area contributed by atoms with Crippen molar-refractivity contribution in [2.75, 3.05) is 51.8 Å². The van der Waals surface area contributed by atoms with E-state index >= 15 is 0 Å². The summed E-state index contributed by atoms with van der Waals surface area (Å²) >= 11 is 0. The summed E-state index contributed by atoms with van der Waals surface area (Å²) in [6.07, 6.45) is 0.845. The van der Waals surface area contributed by atoms with E-state index in [1.54, 1.807) is 14.2 Å². The van der Waals surface area contributed by atoms with Gasteiger partial charge in [-0.25, -0.2) is 4.79 Å². The van der Waals surface area contributed by atoms with Crippen molar-refractivity contribution in [1.29, 1.82) is 0 Å². The zero-order chi connectivity index (χ0) is 19.1. The van der Waals surface area contributed by atoms with Crippen molar-refractivity contribution in [3.63, 3.8) is 0 Å². The highest BCUT2D eigenvalue weighted by Crippen LogP contribution is 2.31. The van der Waals surface area contributed by atoms with Crippen LogP contribution in [0.5, 0.6) is 11.5 Å². The van der Waals surface area contributed by atoms with Gasteiger partial charge in [0.2, 0.25) is 0 Å². The molecule has 2 aromatic carbocycles. The lowest BCUT2D eigenvalue weighted by atomic mass is 10.1. The van der Waals surface area contributed by atoms with Crippen LogP contribution in [0.15, 0.2) is 48.5 Å². The van der Waals surface area contributed by atoms with Crippen molar-refractivity contribution in [3.05, 3.63) is 54.1 Å². The quantitative estimate of drug-likeness (QED) is 0.851. The summed E-state index contributed by atoms with van der Waals surface area (Å²) in [5, 5.41) is 3.02. The van der Waals surface area contributed by atoms with E-state index in [1.807, 2.05) is 41.3 Å². The van der Waals surface area contributed by atoms with Gasteiger partial charge in [0.25, 0.3) is 0 Å². The van der Waals surface area contributed by atoms with Crippen LogP contribution < -0.4 is 19.7 Å². The number of ether oxygens (including phenoxy) is 2. The molecule has 2 aromatic rings. The van der Waals surface area contributed by atoms with E-state index in [2.05, 4.69) is 22.3 Å². The number of anilines is 1. The molecular weight excluding hydrogens is 342 g/mol. The Hall–Kier alpha value is -2.89. The number of methoxy groups -OCH3 is 2. The summed E-state index contributed by atoms with van der Waals surface area (Å²) in [4.78, 5) is 16.5. The zero-order valence-electron chi connectivity index (χ0n) is 16.0. The molecule has 3 rings (SSSR count). The minimum Gasteiger partial charge on any atom is -0.493 e. The van der Waals surface area contributed by atoms with E-state index in [-0.39, 0.29) is 6.03 Å². The number of hydrogen-bond donors (Lipinski definition) is 1. The number of carbonyl (C=O) groups is 1. The third kappa shape index (κ3) is 4.84. The fourth-order valence-corrected chi connectivity index (χ4v) is 3.26. The third-order valence-corrected chi connectivity index (χ3v) is 4.83. The third-order valence-electron chi connectivity index (χ3n) is 4.83. The summed E-state index contributed by atoms with van der Waals surface area (Å²) < 4.78 is 10.7. The van der Waals surface area contributed by atoms with E-state index in [9.17, 15) is 4.79 Å². The molecule has 6 heteroatoms. The molecule has 6 nitrogen and oxygen atoms in total. The molecule has 1 fully saturated rings. The number of urea groups is 1. The molecular formula is C21H27N3O3. The van der Waals surface area contributed by atoms with Crippen LogP contribution >= 0.6 is 0 Å². The van der Waals surface area contributed by atoms with Crippen molar-refractivity contribution >= 4 is 11.7 Å². The van der Waals surface area contributed by atoms with Gasteiger partial charge in [-0.15, -0.1) is 0 Å². The maximum Gasteiger partial charge on any atom is 0.317 e. The van der Waals surface area contributed by atoms with Crippen LogP contribution in [0, 0.1) is 0 Å². The first-order valence-electron chi connectivity index (χ1n) is 9.25. The summed E-state index contributed by atoms with van der Waals surface area (Å²) in [5.41, 5.74) is 2.31. The molecule has 1 aliphatic heterocycles. The van der Waals surface area contributed by atoms with Crippen LogP contribution in [0.25, 0.3) is 0 Å². The largest absolute Gasteiger partial charge is 0.493 e. The van der Waals surface area contributed by atoms with Crippen LogP contribution in [0.3, 0.4) is 0 Å². The minimum atomic E-state index is 0.0119. The summed E-state index contributed by atoms with van der Waals surface area (Å²) in [7, 11) is 3.27. The van der Waals surface area contributed by atoms with Crippen LogP contribution in [-0.4, -0.2) is 57.9 Å². The number of carbonyl (C=O) groups excluding carboxylic acids is 1. The molecule has 0 radical (unpaired) electrons. The molecule has 1 heterocycles. The van der Waals surface area contributed by atoms with Crippen LogP contribution in [0.2, 0.25) is 0 Å². The highest BCUT2D eigenvalue weighted by Gasteiger charge is 2.21. The highest BCUT2D eigenvalue weighted by atomic mass is 16.5. The van der Waals surface area contributed by atoms with Crippen LogP contribution in [0.4, 0.5) is 10.5 Å². The molecule has 1 aliphatic rings. The molecule has 0 atom stereocenters. The Labute approximate surface area is 160 Å². The monoisotopic (exact) mass is 369 g/mol. The normalized spacial score (nSPS) is 14.0. The van der Waals surface area contributed by atoms with E-state index in [0.29, 0.717) is 19.6 Å². The Kier molecular flexibility index (Phi) is 6.41. The summed E-state index contributed by atoms with van der Waals surface area (Å²) in [6.45, 7) is 3.64. The van der Waals surface area contributed by atoms with Crippen molar-refractivity contribution in [1.82, 2.24) is 10.2 Å². The summed E-state index contributed by atoms with van der Waals surface area (Å²) in [6, 6.07) is 16.1. The van der Waals surface area contributed by atoms with Crippen molar-refractivity contribution < 1.29 is 14.3 Å². The van der Waals surface area contributed by atoms with Gasteiger partial charge in [0.05, 0.1) is 14.2 Å². The van der Waals surface area contributed by atoms with Crippen LogP contribution in [-0.2, 0) is 6.42 Å². The predicted octanol–water partition coefficient (Wildman–Crippen LogP) is 2.78. The molecule has 0 unspecified atom stereocenters. The first kappa shape index (κ1) is 18.9. The first-order valence-corrected chi connectivity index (χ1v) is 9.25. The first-order chi connectivity index (χ1) is 13.2. The number of benzene rings is 2. The van der Waals surface area contributed by atoms with Gasteiger partial charge in [0.1, 0.15) is 0 Å².